The van der Waals surface area contributed by atoms with Crippen molar-refractivity contribution < 1.29 is 13.2 Å². The maximum atomic E-state index is 12.8. The Balaban J connectivity index is 1.57. The number of fused-ring (bicyclic) bond motifs is 1. The molecule has 2 aromatic carbocycles. The molecule has 0 N–H and O–H groups in total. The van der Waals surface area contributed by atoms with Gasteiger partial charge in [-0.3, -0.25) is 0 Å². The van der Waals surface area contributed by atoms with Crippen LogP contribution in [0.15, 0.2) is 58.4 Å². The molecule has 0 aromatic heterocycles. The van der Waals surface area contributed by atoms with E-state index in [4.69, 9.17) is 9.73 Å². The second kappa shape index (κ2) is 7.46. The second-order valence-corrected chi connectivity index (χ2v) is 14.3. The van der Waals surface area contributed by atoms with Crippen LogP contribution < -0.4 is 3.58 Å². The summed E-state index contributed by atoms with van der Waals surface area (Å²) in [5.74, 6) is 0. The molecule has 0 aliphatic carbocycles. The van der Waals surface area contributed by atoms with Gasteiger partial charge in [-0.2, -0.15) is 0 Å². The van der Waals surface area contributed by atoms with Crippen molar-refractivity contribution in [3.8, 4) is 0 Å². The first kappa shape index (κ1) is 19.9. The molecule has 0 spiro atoms. The van der Waals surface area contributed by atoms with Gasteiger partial charge in [-0.05, 0) is 0 Å². The Morgan fingerprint density at radius 1 is 1.14 bits per heavy atom. The van der Waals surface area contributed by atoms with Gasteiger partial charge in [0.25, 0.3) is 0 Å². The van der Waals surface area contributed by atoms with E-state index in [0.29, 0.717) is 11.5 Å². The normalized spacial score (nSPS) is 20.0. The molecule has 7 heteroatoms. The molecule has 1 saturated heterocycles. The topological polar surface area (TPSA) is 59.0 Å². The van der Waals surface area contributed by atoms with Gasteiger partial charge in [0.2, 0.25) is 0 Å². The Morgan fingerprint density at radius 2 is 1.89 bits per heavy atom. The average molecular weight is 503 g/mol. The molecule has 2 radical (unpaired) electrons. The Bertz CT molecular complexity index is 1010. The zero-order valence-corrected chi connectivity index (χ0v) is 20.0. The zero-order valence-electron chi connectivity index (χ0n) is 16.3. The van der Waals surface area contributed by atoms with Crippen molar-refractivity contribution in [3.05, 3.63) is 54.1 Å². The summed E-state index contributed by atoms with van der Waals surface area (Å²) < 4.78 is 33.1. The summed E-state index contributed by atoms with van der Waals surface area (Å²) >= 11 is -1.03. The number of amidine groups is 1. The molecule has 5 nitrogen and oxygen atoms in total. The molecule has 1 atom stereocenters. The third-order valence-electron chi connectivity index (χ3n) is 5.10. The van der Waals surface area contributed by atoms with Crippen LogP contribution in [-0.4, -0.2) is 62.8 Å². The molecule has 146 valence electrons. The van der Waals surface area contributed by atoms with E-state index in [-0.39, 0.29) is 6.10 Å². The minimum absolute atomic E-state index is 0.0533. The van der Waals surface area contributed by atoms with Crippen molar-refractivity contribution in [2.45, 2.75) is 36.5 Å². The number of ether oxygens (including phenoxy) is 1. The van der Waals surface area contributed by atoms with Gasteiger partial charge in [-0.25, -0.2) is 0 Å². The number of hydrogen-bond acceptors (Lipinski definition) is 5. The Hall–Kier alpha value is -1.38. The van der Waals surface area contributed by atoms with Crippen molar-refractivity contribution in [2.75, 3.05) is 19.7 Å². The van der Waals surface area contributed by atoms with Crippen LogP contribution in [0.4, 0.5) is 5.69 Å². The SMILES string of the molecule is CC(C)(C)S(=O)(=O)c1cc[c]2c(c1)N=[C](N1CCOC(c3ccccc3)C1)[Sn]2. The van der Waals surface area contributed by atoms with Gasteiger partial charge in [0.05, 0.1) is 0 Å². The van der Waals surface area contributed by atoms with Crippen LogP contribution in [0.1, 0.15) is 32.4 Å². The fourth-order valence-corrected chi connectivity index (χ4v) is 8.00. The summed E-state index contributed by atoms with van der Waals surface area (Å²) in [5.41, 5.74) is 2.03. The molecule has 2 heterocycles. The standard InChI is InChI=1S/C21H24N2O3S.Sn/c1-21(2,3)27(24,25)19-11-7-10-18(14-19)22-16-23-12-13-26-20(15-23)17-8-5-4-6-9-17;/h4-9,11,14,20H,12-13,15H2,1-3H3;. The van der Waals surface area contributed by atoms with Crippen molar-refractivity contribution in [2.24, 2.45) is 4.99 Å². The van der Waals surface area contributed by atoms with Gasteiger partial charge in [0.1, 0.15) is 0 Å². The van der Waals surface area contributed by atoms with E-state index in [2.05, 4.69) is 17.0 Å². The molecule has 1 unspecified atom stereocenters. The molecule has 2 aliphatic rings. The second-order valence-electron chi connectivity index (χ2n) is 8.07. The fourth-order valence-electron chi connectivity index (χ4n) is 3.35. The Labute approximate surface area is 177 Å². The molecule has 2 aliphatic heterocycles. The van der Waals surface area contributed by atoms with Crippen molar-refractivity contribution >= 4 is 44.1 Å². The van der Waals surface area contributed by atoms with E-state index >= 15 is 0 Å². The van der Waals surface area contributed by atoms with E-state index in [1.165, 1.54) is 9.14 Å². The van der Waals surface area contributed by atoms with Crippen LogP contribution in [-0.2, 0) is 14.6 Å². The number of hydrogen-bond donors (Lipinski definition) is 0. The quantitative estimate of drug-likeness (QED) is 0.592. The number of morpholine rings is 1. The van der Waals surface area contributed by atoms with Gasteiger partial charge in [-0.15, -0.1) is 0 Å². The number of benzene rings is 2. The first-order valence-corrected chi connectivity index (χ1v) is 13.8. The molecule has 28 heavy (non-hydrogen) atoms. The third-order valence-corrected chi connectivity index (χ3v) is 11.4. The van der Waals surface area contributed by atoms with E-state index in [1.54, 1.807) is 32.9 Å². The predicted octanol–water partition coefficient (Wildman–Crippen LogP) is 2.66. The van der Waals surface area contributed by atoms with E-state index in [9.17, 15) is 8.42 Å². The van der Waals surface area contributed by atoms with Gasteiger partial charge in [0, 0.05) is 0 Å². The monoisotopic (exact) mass is 504 g/mol. The van der Waals surface area contributed by atoms with Crippen LogP contribution in [0, 0.1) is 0 Å². The van der Waals surface area contributed by atoms with E-state index < -0.39 is 35.7 Å². The van der Waals surface area contributed by atoms with Crippen LogP contribution in [0.3, 0.4) is 0 Å². The average Bonchev–Trinajstić information content (AvgIpc) is 3.11. The molecule has 4 rings (SSSR count). The molecule has 0 saturated carbocycles. The van der Waals surface area contributed by atoms with Crippen molar-refractivity contribution in [1.29, 1.82) is 0 Å². The Morgan fingerprint density at radius 3 is 2.61 bits per heavy atom. The Kier molecular flexibility index (Phi) is 5.31. The molecule has 1 fully saturated rings. The third kappa shape index (κ3) is 3.74. The number of sulfone groups is 1. The van der Waals surface area contributed by atoms with E-state index in [0.717, 1.165) is 22.6 Å². The summed E-state index contributed by atoms with van der Waals surface area (Å²) in [6.07, 6.45) is 0.0533. The van der Waals surface area contributed by atoms with Gasteiger partial charge >= 0.3 is 177 Å². The van der Waals surface area contributed by atoms with Crippen LogP contribution in [0.2, 0.25) is 0 Å². The summed E-state index contributed by atoms with van der Waals surface area (Å²) in [5, 5.41) is 0. The van der Waals surface area contributed by atoms with Crippen LogP contribution >= 0.6 is 0 Å². The number of rotatable bonds is 2. The molecular formula is C21H24N2O3SSn. The number of aliphatic imine (C=N–C) groups is 1. The number of nitrogens with zero attached hydrogens (tertiary/aromatic N) is 2. The van der Waals surface area contributed by atoms with Gasteiger partial charge in [0.15, 0.2) is 0 Å². The summed E-state index contributed by atoms with van der Waals surface area (Å²) in [6.45, 7) is 7.52. The van der Waals surface area contributed by atoms with Gasteiger partial charge in [-0.1, -0.05) is 0 Å². The summed E-state index contributed by atoms with van der Waals surface area (Å²) in [7, 11) is -3.37. The summed E-state index contributed by atoms with van der Waals surface area (Å²) in [6, 6.07) is 15.8. The van der Waals surface area contributed by atoms with Gasteiger partial charge < -0.3 is 0 Å². The van der Waals surface area contributed by atoms with Crippen LogP contribution in [0.5, 0.6) is 0 Å². The molecule has 2 aromatic rings. The minimum atomic E-state index is -3.37. The maximum absolute atomic E-state index is 12.8. The first-order chi connectivity index (χ1) is 13.3. The molecular weight excluding hydrogens is 479 g/mol. The fraction of sp³-hybridized carbons (Fsp3) is 0.381. The first-order valence-electron chi connectivity index (χ1n) is 9.41. The molecule has 0 bridgehead atoms. The van der Waals surface area contributed by atoms with Crippen molar-refractivity contribution in [1.82, 2.24) is 4.90 Å². The predicted molar refractivity (Wildman–Crippen MR) is 113 cm³/mol. The van der Waals surface area contributed by atoms with Crippen LogP contribution in [0.25, 0.3) is 0 Å². The molecule has 0 amide bonds. The van der Waals surface area contributed by atoms with Crippen molar-refractivity contribution in [3.63, 3.8) is 0 Å². The van der Waals surface area contributed by atoms with E-state index in [1.807, 2.05) is 24.3 Å². The summed E-state index contributed by atoms with van der Waals surface area (Å²) in [4.78, 5) is 7.56. The zero-order chi connectivity index (χ0) is 19.9.